The minimum absolute atomic E-state index is 1.11. The summed E-state index contributed by atoms with van der Waals surface area (Å²) in [6.07, 6.45) is 0. The van der Waals surface area contributed by atoms with E-state index in [2.05, 4.69) is 63.6 Å². The molecule has 0 radical (unpaired) electrons. The highest BCUT2D eigenvalue weighted by molar-refractivity contribution is 7.66. The maximum absolute atomic E-state index is 10.3. The smallest absolute Gasteiger partial charge is 0.118 e. The summed E-state index contributed by atoms with van der Waals surface area (Å²) in [5.74, 6) is 5.26. The lowest BCUT2D eigenvalue weighted by Gasteiger charge is -2.06. The average molecular weight is 424 g/mol. The third-order valence-electron chi connectivity index (χ3n) is 5.96. The second-order valence-corrected chi connectivity index (χ2v) is 11.0. The summed E-state index contributed by atoms with van der Waals surface area (Å²) in [6, 6.07) is 20.4. The third kappa shape index (κ3) is 3.02. The Kier molecular flexibility index (Phi) is 5.41. The van der Waals surface area contributed by atoms with Gasteiger partial charge in [-0.25, -0.2) is 0 Å². The molecular weight excluding hydrogens is 402 g/mol. The van der Waals surface area contributed by atoms with Gasteiger partial charge in [-0.2, -0.15) is 10.5 Å². The number of nitrogens with zero attached hydrogens (tertiary/aromatic N) is 2. The van der Waals surface area contributed by atoms with Crippen LogP contribution in [0.15, 0.2) is 60.7 Å². The summed E-state index contributed by atoms with van der Waals surface area (Å²) < 4.78 is 0. The van der Waals surface area contributed by atoms with Crippen LogP contribution in [0.5, 0.6) is 0 Å². The first-order chi connectivity index (χ1) is 14.5. The van der Waals surface area contributed by atoms with Crippen LogP contribution in [-0.2, 0) is 0 Å². The zero-order chi connectivity index (χ0) is 21.4. The minimum Gasteiger partial charge on any atom is -0.188 e. The molecule has 0 saturated heterocycles. The molecule has 2 nitrogen and oxygen atoms in total. The van der Waals surface area contributed by atoms with Crippen LogP contribution >= 0.6 is 15.1 Å². The van der Waals surface area contributed by atoms with Crippen molar-refractivity contribution in [3.63, 3.8) is 0 Å². The molecule has 0 spiro atoms. The van der Waals surface area contributed by atoms with Gasteiger partial charge >= 0.3 is 0 Å². The summed E-state index contributed by atoms with van der Waals surface area (Å²) in [5.41, 5.74) is 6.93. The van der Waals surface area contributed by atoms with Crippen LogP contribution in [0, 0.1) is 49.8 Å². The zero-order valence-corrected chi connectivity index (χ0v) is 19.4. The Hall–Kier alpha value is -3.02. The van der Waals surface area contributed by atoms with Crippen molar-refractivity contribution in [3.05, 3.63) is 82.9 Å². The molecule has 0 aliphatic carbocycles. The van der Waals surface area contributed by atoms with E-state index in [1.54, 1.807) is 0 Å². The van der Waals surface area contributed by atoms with Crippen LogP contribution in [-0.4, -0.2) is 0 Å². The van der Waals surface area contributed by atoms with Crippen molar-refractivity contribution >= 4 is 15.1 Å². The molecule has 0 saturated carbocycles. The minimum atomic E-state index is -1.16. The Morgan fingerprint density at radius 3 is 1.10 bits per heavy atom. The average Bonchev–Trinajstić information content (AvgIpc) is 3.18. The van der Waals surface area contributed by atoms with Gasteiger partial charge in [-0.1, -0.05) is 60.7 Å². The number of benzene rings is 2. The standard InChI is InChI=1S/C26H22N2P2/c1-17-19(3)25(29(15-27)23(17)21-11-7-5-8-12-21)26-20(4)18(2)24(30(26)16-28)22-13-9-6-10-14-22/h5-14H,1-4H3. The van der Waals surface area contributed by atoms with Crippen LogP contribution in [0.1, 0.15) is 22.3 Å². The topological polar surface area (TPSA) is 47.6 Å². The fraction of sp³-hybridized carbons (Fsp3) is 0.154. The second kappa shape index (κ2) is 8.01. The van der Waals surface area contributed by atoms with E-state index in [-0.39, 0.29) is 0 Å². The molecule has 2 heterocycles. The van der Waals surface area contributed by atoms with Crippen molar-refractivity contribution in [2.45, 2.75) is 27.7 Å². The molecular formula is C26H22N2P2. The van der Waals surface area contributed by atoms with Gasteiger partial charge in [0, 0.05) is 21.2 Å². The first kappa shape index (κ1) is 20.3. The molecule has 2 atom stereocenters. The lowest BCUT2D eigenvalue weighted by molar-refractivity contribution is 1.38. The first-order valence-electron chi connectivity index (χ1n) is 9.86. The van der Waals surface area contributed by atoms with Crippen LogP contribution < -0.4 is 0 Å². The molecule has 146 valence electrons. The van der Waals surface area contributed by atoms with E-state index < -0.39 is 15.1 Å². The monoisotopic (exact) mass is 424 g/mol. The highest BCUT2D eigenvalue weighted by Gasteiger charge is 2.28. The van der Waals surface area contributed by atoms with E-state index in [1.807, 2.05) is 36.4 Å². The highest BCUT2D eigenvalue weighted by atomic mass is 31.1. The molecule has 2 unspecified atom stereocenters. The van der Waals surface area contributed by atoms with Gasteiger partial charge in [0.1, 0.15) is 11.6 Å². The van der Waals surface area contributed by atoms with Crippen LogP contribution in [0.3, 0.4) is 0 Å². The van der Waals surface area contributed by atoms with Gasteiger partial charge < -0.3 is 0 Å². The summed E-state index contributed by atoms with van der Waals surface area (Å²) in [6.45, 7) is 8.48. The number of hydrogen-bond donors (Lipinski definition) is 0. The highest BCUT2D eigenvalue weighted by Crippen LogP contribution is 2.63. The molecule has 30 heavy (non-hydrogen) atoms. The van der Waals surface area contributed by atoms with Crippen molar-refractivity contribution in [2.75, 3.05) is 0 Å². The number of rotatable bonds is 3. The van der Waals surface area contributed by atoms with Gasteiger partial charge in [-0.05, 0) is 76.1 Å². The van der Waals surface area contributed by atoms with E-state index in [0.29, 0.717) is 0 Å². The van der Waals surface area contributed by atoms with Gasteiger partial charge in [-0.15, -0.1) is 0 Å². The molecule has 0 bridgehead atoms. The third-order valence-corrected chi connectivity index (χ3v) is 10.6. The Labute approximate surface area is 180 Å². The molecule has 0 aliphatic heterocycles. The predicted octanol–water partition coefficient (Wildman–Crippen LogP) is 8.55. The summed E-state index contributed by atoms with van der Waals surface area (Å²) >= 11 is 0. The summed E-state index contributed by atoms with van der Waals surface area (Å²) in [5, 5.41) is 25.0. The molecule has 4 heteroatoms. The van der Waals surface area contributed by atoms with Gasteiger partial charge in [-0.3, -0.25) is 0 Å². The fourth-order valence-corrected chi connectivity index (χ4v) is 9.29. The van der Waals surface area contributed by atoms with E-state index in [1.165, 1.54) is 22.3 Å². The Morgan fingerprint density at radius 2 is 0.800 bits per heavy atom. The summed E-state index contributed by atoms with van der Waals surface area (Å²) in [7, 11) is -2.31. The second-order valence-electron chi connectivity index (χ2n) is 7.50. The lowest BCUT2D eigenvalue weighted by atomic mass is 10.0. The maximum Gasteiger partial charge on any atom is 0.118 e. The maximum atomic E-state index is 10.3. The Bertz CT molecular complexity index is 1220. The fourth-order valence-electron chi connectivity index (χ4n) is 4.26. The van der Waals surface area contributed by atoms with Crippen LogP contribution in [0.2, 0.25) is 0 Å². The largest absolute Gasteiger partial charge is 0.188 e. The van der Waals surface area contributed by atoms with Crippen molar-refractivity contribution in [1.82, 2.24) is 0 Å². The van der Waals surface area contributed by atoms with Gasteiger partial charge in [0.2, 0.25) is 0 Å². The Morgan fingerprint density at radius 1 is 0.500 bits per heavy atom. The molecule has 4 rings (SSSR count). The molecule has 2 aromatic heterocycles. The van der Waals surface area contributed by atoms with Crippen LogP contribution in [0.25, 0.3) is 32.3 Å². The van der Waals surface area contributed by atoms with Gasteiger partial charge in [0.15, 0.2) is 0 Å². The normalized spacial score (nSPS) is 11.8. The predicted molar refractivity (Wildman–Crippen MR) is 129 cm³/mol. The molecule has 0 amide bonds. The van der Waals surface area contributed by atoms with Crippen molar-refractivity contribution < 1.29 is 0 Å². The first-order valence-corrected chi connectivity index (χ1v) is 12.5. The molecule has 2 aromatic carbocycles. The van der Waals surface area contributed by atoms with Gasteiger partial charge in [0.25, 0.3) is 0 Å². The Balaban J connectivity index is 2.09. The van der Waals surface area contributed by atoms with Crippen molar-refractivity contribution in [1.29, 1.82) is 10.5 Å². The van der Waals surface area contributed by atoms with E-state index in [0.717, 1.165) is 32.3 Å². The lowest BCUT2D eigenvalue weighted by Crippen LogP contribution is -1.80. The van der Waals surface area contributed by atoms with Crippen molar-refractivity contribution in [3.8, 4) is 43.9 Å². The molecule has 4 aromatic rings. The molecule has 0 N–H and O–H groups in total. The number of nitriles is 2. The van der Waals surface area contributed by atoms with Gasteiger partial charge in [0.05, 0.1) is 0 Å². The summed E-state index contributed by atoms with van der Waals surface area (Å²) in [4.78, 5) is 0. The van der Waals surface area contributed by atoms with E-state index >= 15 is 0 Å². The quantitative estimate of drug-likeness (QED) is 0.331. The number of hydrogen-bond acceptors (Lipinski definition) is 2. The molecule has 0 fully saturated rings. The van der Waals surface area contributed by atoms with Crippen molar-refractivity contribution in [2.24, 2.45) is 0 Å². The van der Waals surface area contributed by atoms with Crippen LogP contribution in [0.4, 0.5) is 0 Å². The van der Waals surface area contributed by atoms with E-state index in [9.17, 15) is 10.5 Å². The van der Waals surface area contributed by atoms with E-state index in [4.69, 9.17) is 0 Å². The SMILES string of the molecule is Cc1c(C)c(-c2c(C)c(C)c(-c3ccccc3)p2C#N)p(C#N)c1-c1ccccc1. The zero-order valence-electron chi connectivity index (χ0n) is 17.6. The molecule has 0 aliphatic rings.